The van der Waals surface area contributed by atoms with Gasteiger partial charge in [0.1, 0.15) is 0 Å². The molecule has 2 aliphatic heterocycles. The van der Waals surface area contributed by atoms with Crippen LogP contribution in [-0.4, -0.2) is 36.5 Å². The first-order valence-electron chi connectivity index (χ1n) is 6.50. The Morgan fingerprint density at radius 1 is 1.31 bits per heavy atom. The zero-order chi connectivity index (χ0) is 11.8. The van der Waals surface area contributed by atoms with E-state index >= 15 is 0 Å². The summed E-state index contributed by atoms with van der Waals surface area (Å²) < 4.78 is 0. The number of rotatable bonds is 1. The van der Waals surface area contributed by atoms with Gasteiger partial charge in [-0.25, -0.2) is 0 Å². The molecular formula is C13H24N2O. The van der Waals surface area contributed by atoms with Crippen LogP contribution in [0.5, 0.6) is 0 Å². The average Bonchev–Trinajstić information content (AvgIpc) is 2.87. The molecule has 0 saturated carbocycles. The van der Waals surface area contributed by atoms with Crippen molar-refractivity contribution >= 4 is 5.91 Å². The molecule has 0 spiro atoms. The van der Waals surface area contributed by atoms with Crippen molar-refractivity contribution in [1.29, 1.82) is 0 Å². The van der Waals surface area contributed by atoms with Gasteiger partial charge in [0.05, 0.1) is 6.04 Å². The molecular weight excluding hydrogens is 200 g/mol. The van der Waals surface area contributed by atoms with Crippen LogP contribution in [0.1, 0.15) is 40.0 Å². The number of amides is 1. The minimum Gasteiger partial charge on any atom is -0.341 e. The first kappa shape index (κ1) is 11.9. The van der Waals surface area contributed by atoms with E-state index in [1.165, 1.54) is 6.42 Å². The second-order valence-corrected chi connectivity index (χ2v) is 6.28. The zero-order valence-corrected chi connectivity index (χ0v) is 10.8. The second-order valence-electron chi connectivity index (χ2n) is 6.28. The van der Waals surface area contributed by atoms with Crippen molar-refractivity contribution in [2.24, 2.45) is 11.3 Å². The summed E-state index contributed by atoms with van der Waals surface area (Å²) in [5.41, 5.74) is 0.331. The third-order valence-electron chi connectivity index (χ3n) is 4.08. The molecule has 0 aromatic carbocycles. The number of likely N-dealkylation sites (tertiary alicyclic amines) is 1. The van der Waals surface area contributed by atoms with Gasteiger partial charge < -0.3 is 10.2 Å². The van der Waals surface area contributed by atoms with Crippen LogP contribution >= 0.6 is 0 Å². The van der Waals surface area contributed by atoms with Crippen LogP contribution < -0.4 is 5.32 Å². The van der Waals surface area contributed by atoms with E-state index in [1.54, 1.807) is 0 Å². The molecule has 16 heavy (non-hydrogen) atoms. The summed E-state index contributed by atoms with van der Waals surface area (Å²) >= 11 is 0. The van der Waals surface area contributed by atoms with Crippen LogP contribution in [0.2, 0.25) is 0 Å². The predicted octanol–water partition coefficient (Wildman–Crippen LogP) is 1.63. The number of carbonyl (C=O) groups is 1. The summed E-state index contributed by atoms with van der Waals surface area (Å²) in [6, 6.07) is 0.110. The van der Waals surface area contributed by atoms with Crippen LogP contribution in [0, 0.1) is 11.3 Å². The van der Waals surface area contributed by atoms with Crippen molar-refractivity contribution in [2.75, 3.05) is 19.6 Å². The van der Waals surface area contributed by atoms with Crippen LogP contribution in [0.4, 0.5) is 0 Å². The average molecular weight is 224 g/mol. The molecule has 0 aliphatic carbocycles. The van der Waals surface area contributed by atoms with Gasteiger partial charge in [-0.2, -0.15) is 0 Å². The van der Waals surface area contributed by atoms with Crippen LogP contribution in [0.15, 0.2) is 0 Å². The van der Waals surface area contributed by atoms with E-state index < -0.39 is 0 Å². The zero-order valence-electron chi connectivity index (χ0n) is 10.8. The Morgan fingerprint density at radius 2 is 2.06 bits per heavy atom. The van der Waals surface area contributed by atoms with Gasteiger partial charge in [-0.3, -0.25) is 4.79 Å². The molecule has 3 heteroatoms. The summed E-state index contributed by atoms with van der Waals surface area (Å²) in [5, 5.41) is 3.30. The van der Waals surface area contributed by atoms with Gasteiger partial charge in [0.2, 0.25) is 5.91 Å². The molecule has 0 radical (unpaired) electrons. The molecule has 0 aromatic heterocycles. The van der Waals surface area contributed by atoms with Crippen molar-refractivity contribution in [3.63, 3.8) is 0 Å². The lowest BCUT2D eigenvalue weighted by molar-refractivity contribution is -0.132. The predicted molar refractivity (Wildman–Crippen MR) is 65.2 cm³/mol. The third-order valence-corrected chi connectivity index (χ3v) is 4.08. The molecule has 2 fully saturated rings. The smallest absolute Gasteiger partial charge is 0.239 e. The van der Waals surface area contributed by atoms with Crippen molar-refractivity contribution in [3.8, 4) is 0 Å². The highest BCUT2D eigenvalue weighted by atomic mass is 16.2. The first-order valence-corrected chi connectivity index (χ1v) is 6.50. The summed E-state index contributed by atoms with van der Waals surface area (Å²) in [6.45, 7) is 9.75. The van der Waals surface area contributed by atoms with E-state index in [-0.39, 0.29) is 6.04 Å². The van der Waals surface area contributed by atoms with E-state index in [9.17, 15) is 4.79 Å². The van der Waals surface area contributed by atoms with Crippen molar-refractivity contribution < 1.29 is 4.79 Å². The number of nitrogens with one attached hydrogen (secondary N) is 1. The van der Waals surface area contributed by atoms with E-state index in [0.717, 1.165) is 32.5 Å². The van der Waals surface area contributed by atoms with E-state index in [4.69, 9.17) is 0 Å². The standard InChI is InChI=1S/C13H24N2O/c1-13(2,3)10-6-8-15(9-10)12(16)11-5-4-7-14-11/h10-11,14H,4-9H2,1-3H3/t10?,11-/m1/s1. The number of hydrogen-bond donors (Lipinski definition) is 1. The Labute approximate surface area is 98.6 Å². The summed E-state index contributed by atoms with van der Waals surface area (Å²) in [7, 11) is 0. The van der Waals surface area contributed by atoms with Gasteiger partial charge in [-0.15, -0.1) is 0 Å². The third kappa shape index (κ3) is 2.40. The highest BCUT2D eigenvalue weighted by Crippen LogP contribution is 2.33. The van der Waals surface area contributed by atoms with Crippen LogP contribution in [-0.2, 0) is 4.79 Å². The maximum Gasteiger partial charge on any atom is 0.239 e. The molecule has 2 aliphatic rings. The molecule has 2 saturated heterocycles. The Bertz CT molecular complexity index is 264. The molecule has 1 unspecified atom stereocenters. The Morgan fingerprint density at radius 3 is 2.56 bits per heavy atom. The second kappa shape index (κ2) is 4.36. The number of carbonyl (C=O) groups excluding carboxylic acids is 1. The van der Waals surface area contributed by atoms with E-state index in [0.29, 0.717) is 17.2 Å². The molecule has 3 nitrogen and oxygen atoms in total. The van der Waals surface area contributed by atoms with Crippen molar-refractivity contribution in [2.45, 2.75) is 46.1 Å². The maximum atomic E-state index is 12.2. The van der Waals surface area contributed by atoms with Crippen LogP contribution in [0.25, 0.3) is 0 Å². The molecule has 1 N–H and O–H groups in total. The lowest BCUT2D eigenvalue weighted by atomic mass is 9.80. The van der Waals surface area contributed by atoms with E-state index in [1.807, 2.05) is 0 Å². The fraction of sp³-hybridized carbons (Fsp3) is 0.923. The highest BCUT2D eigenvalue weighted by Gasteiger charge is 2.36. The normalized spacial score (nSPS) is 31.1. The summed E-state index contributed by atoms with van der Waals surface area (Å²) in [5.74, 6) is 1.00. The molecule has 2 heterocycles. The highest BCUT2D eigenvalue weighted by molar-refractivity contribution is 5.82. The molecule has 0 aromatic rings. The topological polar surface area (TPSA) is 32.3 Å². The monoisotopic (exact) mass is 224 g/mol. The molecule has 2 atom stereocenters. The fourth-order valence-electron chi connectivity index (χ4n) is 2.78. The van der Waals surface area contributed by atoms with Crippen LogP contribution in [0.3, 0.4) is 0 Å². The van der Waals surface area contributed by atoms with Gasteiger partial charge in [0, 0.05) is 13.1 Å². The number of hydrogen-bond acceptors (Lipinski definition) is 2. The largest absolute Gasteiger partial charge is 0.341 e. The van der Waals surface area contributed by atoms with Gasteiger partial charge in [-0.05, 0) is 37.1 Å². The van der Waals surface area contributed by atoms with Gasteiger partial charge in [-0.1, -0.05) is 20.8 Å². The lowest BCUT2D eigenvalue weighted by Gasteiger charge is -2.27. The summed E-state index contributed by atoms with van der Waals surface area (Å²) in [6.07, 6.45) is 3.34. The SMILES string of the molecule is CC(C)(C)C1CCN(C(=O)[C@H]2CCCN2)C1. The fourth-order valence-corrected chi connectivity index (χ4v) is 2.78. The minimum absolute atomic E-state index is 0.110. The Balaban J connectivity index is 1.90. The van der Waals surface area contributed by atoms with Crippen molar-refractivity contribution in [1.82, 2.24) is 10.2 Å². The lowest BCUT2D eigenvalue weighted by Crippen LogP contribution is -2.43. The van der Waals surface area contributed by atoms with Gasteiger partial charge >= 0.3 is 0 Å². The summed E-state index contributed by atoms with van der Waals surface area (Å²) in [4.78, 5) is 14.3. The molecule has 92 valence electrons. The number of nitrogens with zero attached hydrogens (tertiary/aromatic N) is 1. The van der Waals surface area contributed by atoms with E-state index in [2.05, 4.69) is 31.0 Å². The maximum absolute atomic E-state index is 12.2. The first-order chi connectivity index (χ1) is 7.48. The van der Waals surface area contributed by atoms with Gasteiger partial charge in [0.25, 0.3) is 0 Å². The molecule has 1 amide bonds. The molecule has 0 bridgehead atoms. The minimum atomic E-state index is 0.110. The molecule has 2 rings (SSSR count). The van der Waals surface area contributed by atoms with Gasteiger partial charge in [0.15, 0.2) is 0 Å². The Hall–Kier alpha value is -0.570. The quantitative estimate of drug-likeness (QED) is 0.734. The Kier molecular flexibility index (Phi) is 3.24. The van der Waals surface area contributed by atoms with Crippen molar-refractivity contribution in [3.05, 3.63) is 0 Å².